The van der Waals surface area contributed by atoms with Gasteiger partial charge in [-0.25, -0.2) is 0 Å². The first-order valence-electron chi connectivity index (χ1n) is 7.19. The van der Waals surface area contributed by atoms with Crippen LogP contribution in [0.3, 0.4) is 0 Å². The lowest BCUT2D eigenvalue weighted by Gasteiger charge is -2.37. The largest absolute Gasteiger partial charge is 0.497 e. The normalized spacial score (nSPS) is 23.1. The molecule has 0 saturated heterocycles. The van der Waals surface area contributed by atoms with Gasteiger partial charge in [0.1, 0.15) is 11.5 Å². The summed E-state index contributed by atoms with van der Waals surface area (Å²) in [6.07, 6.45) is 4.11. The van der Waals surface area contributed by atoms with E-state index < -0.39 is 0 Å². The molecule has 0 amide bonds. The maximum absolute atomic E-state index is 5.43. The van der Waals surface area contributed by atoms with Gasteiger partial charge in [-0.2, -0.15) is 0 Å². The molecular weight excluding hydrogens is 250 g/mol. The topological polar surface area (TPSA) is 34.4 Å². The van der Waals surface area contributed by atoms with Crippen molar-refractivity contribution < 1.29 is 9.15 Å². The Balaban J connectivity index is 1.50. The Morgan fingerprint density at radius 1 is 1.20 bits per heavy atom. The molecule has 1 heterocycles. The predicted octanol–water partition coefficient (Wildman–Crippen LogP) is 3.89. The first-order valence-corrected chi connectivity index (χ1v) is 7.19. The van der Waals surface area contributed by atoms with E-state index in [9.17, 15) is 0 Å². The van der Waals surface area contributed by atoms with E-state index in [4.69, 9.17) is 9.15 Å². The molecule has 106 valence electrons. The highest BCUT2D eigenvalue weighted by atomic mass is 16.5. The molecular formula is C17H21NO2. The Kier molecular flexibility index (Phi) is 3.79. The number of rotatable bonds is 5. The smallest absolute Gasteiger partial charge is 0.120 e. The van der Waals surface area contributed by atoms with Gasteiger partial charge in [-0.05, 0) is 55.5 Å². The molecule has 0 spiro atoms. The molecule has 0 bridgehead atoms. The molecule has 0 radical (unpaired) electrons. The molecule has 2 aromatic rings. The van der Waals surface area contributed by atoms with Crippen LogP contribution in [0.15, 0.2) is 47.1 Å². The third-order valence-corrected chi connectivity index (χ3v) is 4.18. The fourth-order valence-electron chi connectivity index (χ4n) is 2.88. The first-order chi connectivity index (χ1) is 9.76. The summed E-state index contributed by atoms with van der Waals surface area (Å²) in [6, 6.07) is 13.3. The summed E-state index contributed by atoms with van der Waals surface area (Å²) in [5.74, 6) is 2.61. The van der Waals surface area contributed by atoms with Crippen LogP contribution >= 0.6 is 0 Å². The number of hydrogen-bond donors (Lipinski definition) is 1. The molecule has 1 aromatic carbocycles. The predicted molar refractivity (Wildman–Crippen MR) is 79.0 cm³/mol. The van der Waals surface area contributed by atoms with Crippen molar-refractivity contribution in [1.82, 2.24) is 5.32 Å². The molecule has 3 nitrogen and oxygen atoms in total. The van der Waals surface area contributed by atoms with Gasteiger partial charge in [0.25, 0.3) is 0 Å². The van der Waals surface area contributed by atoms with Gasteiger partial charge in [0, 0.05) is 6.04 Å². The van der Waals surface area contributed by atoms with Crippen molar-refractivity contribution in [1.29, 1.82) is 0 Å². The van der Waals surface area contributed by atoms with Crippen molar-refractivity contribution in [3.8, 4) is 5.75 Å². The van der Waals surface area contributed by atoms with Crippen LogP contribution in [0.1, 0.15) is 43.0 Å². The third kappa shape index (κ3) is 2.73. The van der Waals surface area contributed by atoms with E-state index in [0.717, 1.165) is 11.5 Å². The minimum atomic E-state index is 0.284. The summed E-state index contributed by atoms with van der Waals surface area (Å²) in [5.41, 5.74) is 1.41. The zero-order valence-electron chi connectivity index (χ0n) is 12.0. The molecule has 1 atom stereocenters. The third-order valence-electron chi connectivity index (χ3n) is 4.18. The summed E-state index contributed by atoms with van der Waals surface area (Å²) in [5, 5.41) is 3.62. The van der Waals surface area contributed by atoms with Crippen molar-refractivity contribution in [3.63, 3.8) is 0 Å². The van der Waals surface area contributed by atoms with E-state index in [-0.39, 0.29) is 6.04 Å². The van der Waals surface area contributed by atoms with Gasteiger partial charge in [0.05, 0.1) is 19.4 Å². The van der Waals surface area contributed by atoms with Crippen molar-refractivity contribution in [2.75, 3.05) is 7.11 Å². The van der Waals surface area contributed by atoms with E-state index in [1.54, 1.807) is 13.4 Å². The number of nitrogens with one attached hydrogen (secondary N) is 1. The van der Waals surface area contributed by atoms with Gasteiger partial charge < -0.3 is 14.5 Å². The Bertz CT molecular complexity index is 527. The molecule has 0 aliphatic heterocycles. The van der Waals surface area contributed by atoms with Crippen LogP contribution in [-0.4, -0.2) is 13.2 Å². The zero-order valence-corrected chi connectivity index (χ0v) is 12.0. The molecule has 1 saturated carbocycles. The van der Waals surface area contributed by atoms with Crippen molar-refractivity contribution in [3.05, 3.63) is 54.0 Å². The molecule has 1 aliphatic rings. The Hall–Kier alpha value is -1.74. The van der Waals surface area contributed by atoms with Gasteiger partial charge in [-0.1, -0.05) is 12.1 Å². The van der Waals surface area contributed by atoms with Crippen molar-refractivity contribution in [2.45, 2.75) is 37.8 Å². The Labute approximate surface area is 119 Å². The number of hydrogen-bond acceptors (Lipinski definition) is 3. The fourth-order valence-corrected chi connectivity index (χ4v) is 2.88. The second kappa shape index (κ2) is 5.71. The highest BCUT2D eigenvalue weighted by Gasteiger charge is 2.31. The Morgan fingerprint density at radius 3 is 2.55 bits per heavy atom. The lowest BCUT2D eigenvalue weighted by molar-refractivity contribution is 0.258. The van der Waals surface area contributed by atoms with Crippen molar-refractivity contribution in [2.24, 2.45) is 0 Å². The SMILES string of the molecule is COc1ccc(C2CC(N[C@@H](C)c3ccco3)C2)cc1. The molecule has 3 heteroatoms. The lowest BCUT2D eigenvalue weighted by atomic mass is 9.75. The van der Waals surface area contributed by atoms with Crippen LogP contribution in [-0.2, 0) is 0 Å². The number of benzene rings is 1. The van der Waals surface area contributed by atoms with Crippen LogP contribution in [0.2, 0.25) is 0 Å². The van der Waals surface area contributed by atoms with Crippen molar-refractivity contribution >= 4 is 0 Å². The summed E-state index contributed by atoms with van der Waals surface area (Å²) in [7, 11) is 1.70. The van der Waals surface area contributed by atoms with E-state index >= 15 is 0 Å². The van der Waals surface area contributed by atoms with Crippen LogP contribution in [0, 0.1) is 0 Å². The number of furan rings is 1. The van der Waals surface area contributed by atoms with Gasteiger partial charge in [0.2, 0.25) is 0 Å². The van der Waals surface area contributed by atoms with Gasteiger partial charge in [-0.15, -0.1) is 0 Å². The molecule has 0 unspecified atom stereocenters. The highest BCUT2D eigenvalue weighted by Crippen LogP contribution is 2.38. The standard InChI is InChI=1S/C17H21NO2/c1-12(17-4-3-9-20-17)18-15-10-14(11-15)13-5-7-16(19-2)8-6-13/h3-9,12,14-15,18H,10-11H2,1-2H3/t12-,14?,15?/m0/s1. The quantitative estimate of drug-likeness (QED) is 0.896. The first kappa shape index (κ1) is 13.3. The van der Waals surface area contributed by atoms with Gasteiger partial charge >= 0.3 is 0 Å². The fraction of sp³-hybridized carbons (Fsp3) is 0.412. The van der Waals surface area contributed by atoms with E-state index in [1.165, 1.54) is 18.4 Å². The van der Waals surface area contributed by atoms with Crippen LogP contribution in [0.5, 0.6) is 5.75 Å². The van der Waals surface area contributed by atoms with E-state index in [2.05, 4.69) is 24.4 Å². The molecule has 1 aromatic heterocycles. The minimum absolute atomic E-state index is 0.284. The summed E-state index contributed by atoms with van der Waals surface area (Å²) in [6.45, 7) is 2.15. The second-order valence-electron chi connectivity index (χ2n) is 5.54. The van der Waals surface area contributed by atoms with Crippen LogP contribution in [0.4, 0.5) is 0 Å². The Morgan fingerprint density at radius 2 is 1.95 bits per heavy atom. The minimum Gasteiger partial charge on any atom is -0.497 e. The van der Waals surface area contributed by atoms with Crippen LogP contribution < -0.4 is 10.1 Å². The molecule has 1 aliphatic carbocycles. The summed E-state index contributed by atoms with van der Waals surface area (Å²) < 4.78 is 10.6. The maximum atomic E-state index is 5.43. The average molecular weight is 271 g/mol. The number of ether oxygens (including phenoxy) is 1. The monoisotopic (exact) mass is 271 g/mol. The maximum Gasteiger partial charge on any atom is 0.120 e. The highest BCUT2D eigenvalue weighted by molar-refractivity contribution is 5.31. The molecule has 1 N–H and O–H groups in total. The lowest BCUT2D eigenvalue weighted by Crippen LogP contribution is -2.41. The summed E-state index contributed by atoms with van der Waals surface area (Å²) >= 11 is 0. The molecule has 1 fully saturated rings. The number of methoxy groups -OCH3 is 1. The molecule has 20 heavy (non-hydrogen) atoms. The van der Waals surface area contributed by atoms with Gasteiger partial charge in [-0.3, -0.25) is 0 Å². The van der Waals surface area contributed by atoms with Gasteiger partial charge in [0.15, 0.2) is 0 Å². The summed E-state index contributed by atoms with van der Waals surface area (Å²) in [4.78, 5) is 0. The van der Waals surface area contributed by atoms with E-state index in [1.807, 2.05) is 24.3 Å². The average Bonchev–Trinajstić information content (AvgIpc) is 2.96. The zero-order chi connectivity index (χ0) is 13.9. The second-order valence-corrected chi connectivity index (χ2v) is 5.54. The van der Waals surface area contributed by atoms with Crippen LogP contribution in [0.25, 0.3) is 0 Å². The molecule has 3 rings (SSSR count). The van der Waals surface area contributed by atoms with E-state index in [0.29, 0.717) is 12.0 Å².